The summed E-state index contributed by atoms with van der Waals surface area (Å²) in [5.41, 5.74) is 0. The van der Waals surface area contributed by atoms with Crippen molar-refractivity contribution in [2.75, 3.05) is 33.4 Å². The fourth-order valence-electron chi connectivity index (χ4n) is 1.84. The van der Waals surface area contributed by atoms with Crippen molar-refractivity contribution in [1.29, 1.82) is 0 Å². The third-order valence-corrected chi connectivity index (χ3v) is 3.36. The maximum Gasteiger partial charge on any atom is 0.0474 e. The van der Waals surface area contributed by atoms with E-state index in [9.17, 15) is 0 Å². The topological polar surface area (TPSA) is 12.5 Å². The van der Waals surface area contributed by atoms with E-state index in [0.29, 0.717) is 11.3 Å². The van der Waals surface area contributed by atoms with Crippen molar-refractivity contribution >= 4 is 11.6 Å². The molecule has 78 valence electrons. The number of halogens is 1. The maximum atomic E-state index is 6.14. The quantitative estimate of drug-likeness (QED) is 0.514. The predicted octanol–water partition coefficient (Wildman–Crippen LogP) is 1.97. The van der Waals surface area contributed by atoms with Gasteiger partial charge in [-0.05, 0) is 25.3 Å². The SMILES string of the molecule is COCCCN1CCC(Cl)C(C)C1. The lowest BCUT2D eigenvalue weighted by Crippen LogP contribution is -2.40. The largest absolute Gasteiger partial charge is 0.385 e. The average Bonchev–Trinajstić information content (AvgIpc) is 2.12. The minimum absolute atomic E-state index is 0.388. The van der Waals surface area contributed by atoms with Gasteiger partial charge in [-0.3, -0.25) is 0 Å². The number of piperidine rings is 1. The summed E-state index contributed by atoms with van der Waals surface area (Å²) >= 11 is 6.14. The molecule has 0 saturated carbocycles. The lowest BCUT2D eigenvalue weighted by Gasteiger charge is -2.33. The predicted molar refractivity (Wildman–Crippen MR) is 56.4 cm³/mol. The summed E-state index contributed by atoms with van der Waals surface area (Å²) in [4.78, 5) is 2.49. The second kappa shape index (κ2) is 5.84. The first kappa shape index (κ1) is 11.3. The van der Waals surface area contributed by atoms with Crippen molar-refractivity contribution in [3.63, 3.8) is 0 Å². The molecule has 0 aromatic rings. The molecule has 0 aliphatic carbocycles. The Morgan fingerprint density at radius 2 is 2.31 bits per heavy atom. The zero-order chi connectivity index (χ0) is 9.68. The molecule has 2 atom stereocenters. The number of nitrogens with zero attached hydrogens (tertiary/aromatic N) is 1. The lowest BCUT2D eigenvalue weighted by molar-refractivity contribution is 0.147. The summed E-state index contributed by atoms with van der Waals surface area (Å²) in [6.45, 7) is 6.57. The van der Waals surface area contributed by atoms with Gasteiger partial charge >= 0.3 is 0 Å². The highest BCUT2D eigenvalue weighted by molar-refractivity contribution is 6.20. The van der Waals surface area contributed by atoms with E-state index in [1.807, 2.05) is 0 Å². The highest BCUT2D eigenvalue weighted by Gasteiger charge is 2.23. The highest BCUT2D eigenvalue weighted by atomic mass is 35.5. The van der Waals surface area contributed by atoms with Crippen LogP contribution in [0.15, 0.2) is 0 Å². The molecule has 0 bridgehead atoms. The van der Waals surface area contributed by atoms with Gasteiger partial charge in [0.05, 0.1) is 0 Å². The molecule has 1 rings (SSSR count). The Morgan fingerprint density at radius 1 is 1.54 bits per heavy atom. The van der Waals surface area contributed by atoms with Gasteiger partial charge in [0.15, 0.2) is 0 Å². The van der Waals surface area contributed by atoms with Gasteiger partial charge in [0.25, 0.3) is 0 Å². The Hall–Kier alpha value is 0.210. The number of hydrogen-bond donors (Lipinski definition) is 0. The molecule has 0 amide bonds. The summed E-state index contributed by atoms with van der Waals surface area (Å²) in [6, 6.07) is 0. The van der Waals surface area contributed by atoms with Crippen LogP contribution in [0, 0.1) is 5.92 Å². The highest BCUT2D eigenvalue weighted by Crippen LogP contribution is 2.21. The first-order valence-corrected chi connectivity index (χ1v) is 5.53. The Labute approximate surface area is 86.2 Å². The molecular weight excluding hydrogens is 186 g/mol. The summed E-state index contributed by atoms with van der Waals surface area (Å²) < 4.78 is 5.03. The Balaban J connectivity index is 2.14. The fraction of sp³-hybridized carbons (Fsp3) is 1.00. The molecule has 0 spiro atoms. The van der Waals surface area contributed by atoms with Gasteiger partial charge < -0.3 is 9.64 Å². The molecule has 1 heterocycles. The molecule has 3 heteroatoms. The van der Waals surface area contributed by atoms with Gasteiger partial charge in [-0.25, -0.2) is 0 Å². The first-order chi connectivity index (χ1) is 6.24. The van der Waals surface area contributed by atoms with Crippen LogP contribution >= 0.6 is 11.6 Å². The molecule has 1 saturated heterocycles. The third kappa shape index (κ3) is 3.84. The van der Waals surface area contributed by atoms with Crippen LogP contribution in [0.1, 0.15) is 19.8 Å². The Morgan fingerprint density at radius 3 is 2.92 bits per heavy atom. The number of ether oxygens (including phenoxy) is 1. The third-order valence-electron chi connectivity index (χ3n) is 2.71. The average molecular weight is 206 g/mol. The van der Waals surface area contributed by atoms with Gasteiger partial charge in [0.2, 0.25) is 0 Å². The van der Waals surface area contributed by atoms with Crippen LogP contribution in [0.4, 0.5) is 0 Å². The van der Waals surface area contributed by atoms with Crippen molar-refractivity contribution in [3.05, 3.63) is 0 Å². The van der Waals surface area contributed by atoms with Crippen molar-refractivity contribution in [3.8, 4) is 0 Å². The molecule has 0 N–H and O–H groups in total. The second-order valence-electron chi connectivity index (χ2n) is 3.93. The van der Waals surface area contributed by atoms with E-state index >= 15 is 0 Å². The molecule has 2 unspecified atom stereocenters. The van der Waals surface area contributed by atoms with Crippen LogP contribution in [0.3, 0.4) is 0 Å². The normalized spacial score (nSPS) is 30.7. The van der Waals surface area contributed by atoms with Crippen LogP contribution in [0.5, 0.6) is 0 Å². The van der Waals surface area contributed by atoms with Crippen LogP contribution in [-0.2, 0) is 4.74 Å². The van der Waals surface area contributed by atoms with Gasteiger partial charge in [0.1, 0.15) is 0 Å². The zero-order valence-corrected chi connectivity index (χ0v) is 9.39. The van der Waals surface area contributed by atoms with Gasteiger partial charge in [-0.2, -0.15) is 0 Å². The second-order valence-corrected chi connectivity index (χ2v) is 4.49. The summed E-state index contributed by atoms with van der Waals surface area (Å²) in [7, 11) is 1.76. The maximum absolute atomic E-state index is 6.14. The molecule has 1 fully saturated rings. The van der Waals surface area contributed by atoms with Gasteiger partial charge in [0, 0.05) is 32.2 Å². The number of methoxy groups -OCH3 is 1. The van der Waals surface area contributed by atoms with Crippen LogP contribution in [0.2, 0.25) is 0 Å². The zero-order valence-electron chi connectivity index (χ0n) is 8.63. The standard InChI is InChI=1S/C10H20ClNO/c1-9-8-12(5-3-7-13-2)6-4-10(9)11/h9-10H,3-8H2,1-2H3. The molecule has 1 aliphatic heterocycles. The minimum atomic E-state index is 0.388. The van der Waals surface area contributed by atoms with E-state index in [1.54, 1.807) is 7.11 Å². The molecule has 0 aromatic carbocycles. The van der Waals surface area contributed by atoms with E-state index in [0.717, 1.165) is 39.1 Å². The number of rotatable bonds is 4. The van der Waals surface area contributed by atoms with Crippen LogP contribution < -0.4 is 0 Å². The van der Waals surface area contributed by atoms with E-state index in [2.05, 4.69) is 11.8 Å². The summed E-state index contributed by atoms with van der Waals surface area (Å²) in [5, 5.41) is 0.388. The lowest BCUT2D eigenvalue weighted by atomic mass is 9.99. The molecule has 0 aromatic heterocycles. The number of likely N-dealkylation sites (tertiary alicyclic amines) is 1. The van der Waals surface area contributed by atoms with E-state index < -0.39 is 0 Å². The van der Waals surface area contributed by atoms with Crippen molar-refractivity contribution in [1.82, 2.24) is 4.90 Å². The molecule has 0 radical (unpaired) electrons. The summed E-state index contributed by atoms with van der Waals surface area (Å²) in [6.07, 6.45) is 2.27. The monoisotopic (exact) mass is 205 g/mol. The van der Waals surface area contributed by atoms with Crippen LogP contribution in [-0.4, -0.2) is 43.6 Å². The summed E-state index contributed by atoms with van der Waals surface area (Å²) in [5.74, 6) is 0.637. The van der Waals surface area contributed by atoms with Crippen molar-refractivity contribution < 1.29 is 4.74 Å². The van der Waals surface area contributed by atoms with Crippen molar-refractivity contribution in [2.45, 2.75) is 25.1 Å². The van der Waals surface area contributed by atoms with Gasteiger partial charge in [-0.15, -0.1) is 11.6 Å². The fourth-order valence-corrected chi connectivity index (χ4v) is 2.02. The van der Waals surface area contributed by atoms with Crippen LogP contribution in [0.25, 0.3) is 0 Å². The van der Waals surface area contributed by atoms with E-state index in [4.69, 9.17) is 16.3 Å². The Kier molecular flexibility index (Phi) is 5.07. The smallest absolute Gasteiger partial charge is 0.0474 e. The molecule has 13 heavy (non-hydrogen) atoms. The minimum Gasteiger partial charge on any atom is -0.385 e. The molecule has 1 aliphatic rings. The van der Waals surface area contributed by atoms with E-state index in [-0.39, 0.29) is 0 Å². The number of hydrogen-bond acceptors (Lipinski definition) is 2. The Bertz CT molecular complexity index is 143. The molecular formula is C10H20ClNO. The van der Waals surface area contributed by atoms with Crippen molar-refractivity contribution in [2.24, 2.45) is 5.92 Å². The molecule has 2 nitrogen and oxygen atoms in total. The first-order valence-electron chi connectivity index (χ1n) is 5.09. The van der Waals surface area contributed by atoms with E-state index in [1.165, 1.54) is 0 Å². The van der Waals surface area contributed by atoms with Gasteiger partial charge in [-0.1, -0.05) is 6.92 Å². The number of alkyl halides is 1.